The van der Waals surface area contributed by atoms with Crippen molar-refractivity contribution in [1.82, 2.24) is 16.0 Å². The largest absolute Gasteiger partial charge is 0.492 e. The Morgan fingerprint density at radius 3 is 1.89 bits per heavy atom. The summed E-state index contributed by atoms with van der Waals surface area (Å²) in [5, 5.41) is 131. The fourth-order valence-corrected chi connectivity index (χ4v) is 15.2. The van der Waals surface area contributed by atoms with Crippen LogP contribution in [0, 0.1) is 5.41 Å². The molecule has 6 aliphatic rings. The van der Waals surface area contributed by atoms with Crippen molar-refractivity contribution < 1.29 is 170 Å². The number of amides is 5. The van der Waals surface area contributed by atoms with E-state index in [1.807, 2.05) is 6.08 Å². The normalized spacial score (nSPS) is 33.5. The maximum atomic E-state index is 14.3. The lowest BCUT2D eigenvalue weighted by molar-refractivity contribution is -0.375. The van der Waals surface area contributed by atoms with E-state index in [0.717, 1.165) is 64.0 Å². The van der Waals surface area contributed by atoms with Crippen LogP contribution >= 0.6 is 7.82 Å². The molecule has 5 amide bonds. The van der Waals surface area contributed by atoms with Crippen molar-refractivity contribution in [2.24, 2.45) is 22.6 Å². The Bertz CT molecular complexity index is 3910. The number of carbonyl (C=O) groups excluding carboxylic acids is 7. The van der Waals surface area contributed by atoms with Crippen LogP contribution < -0.4 is 37.9 Å². The SMILES string of the molecule is C=C(C/C=C(\C)CCC=C(C)C)CCC(C)(C)/C=C/CC/C(C)=C\CO[C@H](COP(=O)(O)O[C@H]1O[C@H](C(N)=O)[C@@](C)(O)[C@H](OC(N)=O)[C@H]1O[C@@H]1O[C@H](CO[C@@H]2O[C@H](CO)[C@@H](O)[C@H](O)[C@H]2O)[C@@H](O[C@@H]2O[C@H](C)[C@@H](O[C@@H]3O[C@H](C(=O)NC4(C/C=C/c5ccc(OCCN)cc5)C(=O)CCC4=O)[C@H](O)[C@H](O)[C@H]3O)[C@H](O)[C@H]2NC(C)=O)[C@H](O)[C@H]1NC(C)=O)C(=O)O. The van der Waals surface area contributed by atoms with Crippen LogP contribution in [0.2, 0.25) is 0 Å². The summed E-state index contributed by atoms with van der Waals surface area (Å²) in [5.74, 6) is -7.48. The van der Waals surface area contributed by atoms with Crippen LogP contribution in [0.1, 0.15) is 139 Å². The average molecular weight is 1760 g/mol. The summed E-state index contributed by atoms with van der Waals surface area (Å²) in [7, 11) is -5.87. The molecule has 5 heterocycles. The third-order valence-electron chi connectivity index (χ3n) is 21.4. The number of primary amides is 2. The molecule has 5 saturated heterocycles. The Hall–Kier alpha value is -7.31. The van der Waals surface area contributed by atoms with Gasteiger partial charge in [-0.15, -0.1) is 0 Å². The van der Waals surface area contributed by atoms with Crippen LogP contribution in [0.3, 0.4) is 0 Å². The van der Waals surface area contributed by atoms with Gasteiger partial charge in [0.05, 0.1) is 32.5 Å². The van der Waals surface area contributed by atoms with Gasteiger partial charge in [-0.25, -0.2) is 14.2 Å². The fraction of sp³-hybridized carbons (Fsp3) is 0.675. The lowest BCUT2D eigenvalue weighted by atomic mass is 9.85. The molecule has 1 aromatic rings. The molecule has 1 saturated carbocycles. The summed E-state index contributed by atoms with van der Waals surface area (Å²) < 4.78 is 95.3. The summed E-state index contributed by atoms with van der Waals surface area (Å²) >= 11 is 0. The van der Waals surface area contributed by atoms with Crippen LogP contribution in [-0.2, 0) is 99.3 Å². The van der Waals surface area contributed by atoms with E-state index in [4.69, 9.17) is 83.1 Å². The number of carboxylic acid groups (broad SMARTS) is 1. The molecule has 1 aliphatic carbocycles. The number of carbonyl (C=O) groups is 8. The van der Waals surface area contributed by atoms with Crippen LogP contribution in [-0.4, -0.2) is 312 Å². The maximum absolute atomic E-state index is 14.3. The van der Waals surface area contributed by atoms with Gasteiger partial charge in [-0.2, -0.15) is 0 Å². The zero-order chi connectivity index (χ0) is 90.6. The Morgan fingerprint density at radius 2 is 1.29 bits per heavy atom. The molecule has 42 heteroatoms. The third kappa shape index (κ3) is 27.8. The first-order valence-electron chi connectivity index (χ1n) is 39.9. The van der Waals surface area contributed by atoms with Gasteiger partial charge in [-0.3, -0.25) is 37.8 Å². The number of aliphatic hydroxyl groups excluding tert-OH is 9. The molecule has 0 radical (unpaired) electrons. The van der Waals surface area contributed by atoms with Crippen molar-refractivity contribution in [2.45, 2.75) is 298 Å². The molecule has 0 bridgehead atoms. The molecule has 21 N–H and O–H groups in total. The van der Waals surface area contributed by atoms with Gasteiger partial charge in [0.2, 0.25) is 17.7 Å². The van der Waals surface area contributed by atoms with Gasteiger partial charge in [0.15, 0.2) is 79.1 Å². The predicted molar refractivity (Wildman–Crippen MR) is 425 cm³/mol. The number of ether oxygens (including phenoxy) is 12. The van der Waals surface area contributed by atoms with E-state index in [9.17, 15) is 104 Å². The minimum atomic E-state index is -5.87. The van der Waals surface area contributed by atoms with Gasteiger partial charge in [-0.05, 0) is 110 Å². The number of ketones is 2. The van der Waals surface area contributed by atoms with Crippen molar-refractivity contribution >= 4 is 61.2 Å². The number of rotatable bonds is 43. The Labute approximate surface area is 705 Å². The van der Waals surface area contributed by atoms with Crippen molar-refractivity contribution in [3.8, 4) is 5.75 Å². The van der Waals surface area contributed by atoms with Crippen molar-refractivity contribution in [3.05, 3.63) is 95.2 Å². The number of nitrogens with two attached hydrogens (primary N) is 3. The standard InChI is InChI=1S/C80H121N6O35P/c1-39(2)16-14-18-40(3)20-21-42(5)28-32-78(9,10)30-13-12-17-41(4)29-34-109-50(71(102)103)38-111-122(106,107)121-76-66(67(120-77(83)104)79(11,105)68(119-76)69(82)100)118-73-54(85-45(8)89)57(94)64(49(114-73)37-110-74-61(98)58(95)55(92)48(36-87)113-74)116-72-53(84-44(7)88)56(93)63(43(6)112-72)115-75-62(99)59(96)60(97)65(117-75)70(101)86-80(51(90)26-27-52(80)91)31-15-19-46-22-24-47(25-23-46)108-35-33-81/h13,15-16,19-20,22-25,29-30,43,48-50,53-68,72-76,87,92-99,105H,5,12,14,17-18,21,26-28,31-38,81H2,1-4,6-11H3,(H2,82,100)(H2,83,104)(H,84,88)(H,85,89)(H,86,101)(H,102,103)(H,106,107)/b19-15+,30-13+,40-20+,41-29-/t43-,48-,49-,50-,53-,54-,55-,56-,57-,58+,59+,60-,61-,62-,63-,64-,65+,66-,67-,68-,72+,73+,74-,75-,76-,79+/m1/s1. The highest BCUT2D eigenvalue weighted by atomic mass is 31.2. The molecule has 41 nitrogen and oxygen atoms in total. The quantitative estimate of drug-likeness (QED) is 0.0211. The zero-order valence-electron chi connectivity index (χ0n) is 69.7. The minimum Gasteiger partial charge on any atom is -0.492 e. The molecular formula is C80H121N6O35P. The van der Waals surface area contributed by atoms with Gasteiger partial charge >= 0.3 is 19.9 Å². The second-order valence-electron chi connectivity index (χ2n) is 32.2. The number of phosphoric ester groups is 1. The van der Waals surface area contributed by atoms with E-state index in [1.165, 1.54) is 24.1 Å². The van der Waals surface area contributed by atoms with Crippen molar-refractivity contribution in [1.29, 1.82) is 0 Å². The van der Waals surface area contributed by atoms with Crippen molar-refractivity contribution in [3.63, 3.8) is 0 Å². The molecule has 686 valence electrons. The number of benzene rings is 1. The highest BCUT2D eigenvalue weighted by Crippen LogP contribution is 2.49. The average Bonchev–Trinajstić information content (AvgIpc) is 0.863. The second kappa shape index (κ2) is 45.7. The molecule has 0 spiro atoms. The van der Waals surface area contributed by atoms with Gasteiger partial charge in [0.1, 0.15) is 103 Å². The number of aliphatic hydroxyl groups is 10. The summed E-state index contributed by atoms with van der Waals surface area (Å²) in [6, 6.07) is 2.59. The van der Waals surface area contributed by atoms with Crippen LogP contribution in [0.25, 0.3) is 6.08 Å². The first-order valence-corrected chi connectivity index (χ1v) is 41.4. The van der Waals surface area contributed by atoms with Crippen LogP contribution in [0.5, 0.6) is 5.75 Å². The number of aliphatic carboxylic acids is 1. The molecular weight excluding hydrogens is 1640 g/mol. The van der Waals surface area contributed by atoms with Gasteiger partial charge in [0, 0.05) is 39.7 Å². The predicted octanol–water partition coefficient (Wildman–Crippen LogP) is -1.05. The number of carboxylic acids is 1. The molecule has 0 aromatic heterocycles. The molecule has 1 aromatic carbocycles. The first-order chi connectivity index (χ1) is 57.2. The second-order valence-corrected chi connectivity index (χ2v) is 33.6. The molecule has 6 fully saturated rings. The number of allylic oxidation sites excluding steroid dienone is 8. The lowest BCUT2D eigenvalue weighted by Gasteiger charge is -2.52. The lowest BCUT2D eigenvalue weighted by Crippen LogP contribution is -2.72. The number of Topliss-reactive ketones (excluding diaryl/α,β-unsaturated/α-hetero) is 2. The number of hydrogen-bond acceptors (Lipinski definition) is 34. The molecule has 1 unspecified atom stereocenters. The Morgan fingerprint density at radius 1 is 0.705 bits per heavy atom. The zero-order valence-corrected chi connectivity index (χ0v) is 70.6. The minimum absolute atomic E-state index is 0.154. The van der Waals surface area contributed by atoms with E-state index in [2.05, 4.69) is 75.4 Å². The summed E-state index contributed by atoms with van der Waals surface area (Å²) in [6.45, 7) is 17.3. The van der Waals surface area contributed by atoms with E-state index in [1.54, 1.807) is 43.3 Å². The first kappa shape index (κ1) is 102. The van der Waals surface area contributed by atoms with Crippen molar-refractivity contribution in [2.75, 3.05) is 39.6 Å². The maximum Gasteiger partial charge on any atom is 0.474 e. The van der Waals surface area contributed by atoms with E-state index < -0.39 is 246 Å². The van der Waals surface area contributed by atoms with E-state index in [-0.39, 0.29) is 38.0 Å². The number of hydrogen-bond donors (Lipinski definition) is 18. The topological polar surface area (TPSA) is 640 Å². The Balaban J connectivity index is 1.12. The van der Waals surface area contributed by atoms with Gasteiger partial charge in [-0.1, -0.05) is 97.4 Å². The van der Waals surface area contributed by atoms with Crippen LogP contribution in [0.4, 0.5) is 4.79 Å². The van der Waals surface area contributed by atoms with Gasteiger partial charge in [0.25, 0.3) is 5.91 Å². The molecule has 5 aliphatic heterocycles. The molecule has 122 heavy (non-hydrogen) atoms. The summed E-state index contributed by atoms with van der Waals surface area (Å²) in [5.41, 5.74) is 16.5. The summed E-state index contributed by atoms with van der Waals surface area (Å²) in [4.78, 5) is 118. The van der Waals surface area contributed by atoms with E-state index >= 15 is 0 Å². The van der Waals surface area contributed by atoms with Crippen LogP contribution in [0.15, 0.2) is 89.6 Å². The van der Waals surface area contributed by atoms with E-state index in [0.29, 0.717) is 24.2 Å². The van der Waals surface area contributed by atoms with Gasteiger partial charge < -0.3 is 151 Å². The highest BCUT2D eigenvalue weighted by Gasteiger charge is 2.63. The smallest absolute Gasteiger partial charge is 0.474 e. The third-order valence-corrected chi connectivity index (χ3v) is 22.3. The summed E-state index contributed by atoms with van der Waals surface area (Å²) in [6.07, 6.45) is -34.0. The highest BCUT2D eigenvalue weighted by molar-refractivity contribution is 7.47. The molecule has 27 atom stereocenters. The monoisotopic (exact) mass is 1760 g/mol. The number of nitrogens with one attached hydrogen (secondary N) is 3. The number of phosphoric acid groups is 1. The Kier molecular flexibility index (Phi) is 38.1. The molecule has 7 rings (SSSR count). The fourth-order valence-electron chi connectivity index (χ4n) is 14.4.